The molecule has 1 aromatic heterocycles. The number of anilines is 2. The fraction of sp³-hybridized carbons (Fsp3) is 0.267. The summed E-state index contributed by atoms with van der Waals surface area (Å²) in [6, 6.07) is 10.2. The minimum atomic E-state index is 0.164. The molecule has 0 unspecified atom stereocenters. The molecule has 0 atom stereocenters. The van der Waals surface area contributed by atoms with Crippen molar-refractivity contribution >= 4 is 39.0 Å². The Balaban J connectivity index is 2.20. The molecule has 0 aliphatic heterocycles. The molecule has 2 rings (SSSR count). The van der Waals surface area contributed by atoms with E-state index in [9.17, 15) is 0 Å². The molecule has 0 saturated carbocycles. The molecule has 2 aromatic rings. The van der Waals surface area contributed by atoms with Crippen LogP contribution in [0.5, 0.6) is 0 Å². The average molecular weight is 340 g/mol. The normalized spacial score (nSPS) is 11.4. The van der Waals surface area contributed by atoms with Gasteiger partial charge < -0.3 is 5.32 Å². The van der Waals surface area contributed by atoms with Crippen LogP contribution in [-0.4, -0.2) is 4.98 Å². The molecule has 2 nitrogen and oxygen atoms in total. The van der Waals surface area contributed by atoms with Gasteiger partial charge in [0.15, 0.2) is 0 Å². The lowest BCUT2D eigenvalue weighted by molar-refractivity contribution is 0.590. The second-order valence-corrected chi connectivity index (χ2v) is 6.73. The summed E-state index contributed by atoms with van der Waals surface area (Å²) in [5, 5.41) is 3.87. The van der Waals surface area contributed by atoms with Crippen LogP contribution in [0.4, 0.5) is 11.5 Å². The summed E-state index contributed by atoms with van der Waals surface area (Å²) in [6.07, 6.45) is 1.62. The monoisotopic (exact) mass is 338 g/mol. The van der Waals surface area contributed by atoms with Crippen LogP contribution in [0.2, 0.25) is 5.02 Å². The summed E-state index contributed by atoms with van der Waals surface area (Å²) in [4.78, 5) is 4.25. The van der Waals surface area contributed by atoms with E-state index in [2.05, 4.69) is 71.3 Å². The smallest absolute Gasteiger partial charge is 0.144 e. The first-order valence-corrected chi connectivity index (χ1v) is 7.22. The Kier molecular flexibility index (Phi) is 4.16. The molecule has 0 saturated heterocycles. The molecule has 0 bridgehead atoms. The van der Waals surface area contributed by atoms with Gasteiger partial charge in [-0.2, -0.15) is 0 Å². The van der Waals surface area contributed by atoms with Crippen LogP contribution < -0.4 is 5.32 Å². The van der Waals surface area contributed by atoms with E-state index in [1.165, 1.54) is 5.56 Å². The van der Waals surface area contributed by atoms with Crippen molar-refractivity contribution in [3.63, 3.8) is 0 Å². The van der Waals surface area contributed by atoms with Crippen molar-refractivity contribution in [2.45, 2.75) is 26.2 Å². The summed E-state index contributed by atoms with van der Waals surface area (Å²) in [5.41, 5.74) is 2.47. The van der Waals surface area contributed by atoms with Gasteiger partial charge in [-0.3, -0.25) is 0 Å². The minimum Gasteiger partial charge on any atom is -0.339 e. The van der Waals surface area contributed by atoms with Gasteiger partial charge in [-0.1, -0.05) is 44.5 Å². The topological polar surface area (TPSA) is 24.9 Å². The number of nitrogens with zero attached hydrogens (tertiary/aromatic N) is 1. The number of hydrogen-bond acceptors (Lipinski definition) is 2. The van der Waals surface area contributed by atoms with Crippen molar-refractivity contribution in [2.24, 2.45) is 0 Å². The molecule has 100 valence electrons. The van der Waals surface area contributed by atoms with Crippen molar-refractivity contribution in [1.29, 1.82) is 0 Å². The van der Waals surface area contributed by atoms with Crippen LogP contribution in [0.15, 0.2) is 41.0 Å². The zero-order chi connectivity index (χ0) is 14.0. The number of rotatable bonds is 2. The van der Waals surface area contributed by atoms with E-state index >= 15 is 0 Å². The van der Waals surface area contributed by atoms with Crippen molar-refractivity contribution in [3.8, 4) is 0 Å². The van der Waals surface area contributed by atoms with E-state index in [-0.39, 0.29) is 5.41 Å². The zero-order valence-electron chi connectivity index (χ0n) is 11.2. The highest BCUT2D eigenvalue weighted by molar-refractivity contribution is 9.10. The van der Waals surface area contributed by atoms with Crippen LogP contribution in [0.1, 0.15) is 26.3 Å². The van der Waals surface area contributed by atoms with Gasteiger partial charge in [0.2, 0.25) is 0 Å². The summed E-state index contributed by atoms with van der Waals surface area (Å²) < 4.78 is 0.847. The van der Waals surface area contributed by atoms with Crippen LogP contribution >= 0.6 is 27.5 Å². The predicted molar refractivity (Wildman–Crippen MR) is 85.4 cm³/mol. The molecular weight excluding hydrogens is 324 g/mol. The van der Waals surface area contributed by atoms with Crippen LogP contribution in [-0.2, 0) is 5.41 Å². The summed E-state index contributed by atoms with van der Waals surface area (Å²) >= 11 is 9.31. The molecule has 0 fully saturated rings. The Hall–Kier alpha value is -1.06. The zero-order valence-corrected chi connectivity index (χ0v) is 13.5. The van der Waals surface area contributed by atoms with Crippen molar-refractivity contribution in [1.82, 2.24) is 4.98 Å². The third-order valence-corrected chi connectivity index (χ3v) is 3.63. The molecule has 0 amide bonds. The molecule has 1 aromatic carbocycles. The van der Waals surface area contributed by atoms with E-state index in [0.29, 0.717) is 5.02 Å². The SMILES string of the molecule is CC(C)(C)c1ccc(Nc2ncc(Cl)cc2Br)cc1. The van der Waals surface area contributed by atoms with Gasteiger partial charge in [-0.25, -0.2) is 4.98 Å². The Labute approximate surface area is 127 Å². The van der Waals surface area contributed by atoms with Crippen molar-refractivity contribution < 1.29 is 0 Å². The third kappa shape index (κ3) is 3.71. The third-order valence-electron chi connectivity index (χ3n) is 2.82. The first-order valence-electron chi connectivity index (χ1n) is 6.05. The highest BCUT2D eigenvalue weighted by Crippen LogP contribution is 2.28. The standard InChI is InChI=1S/C15H16BrClN2/c1-15(2,3)10-4-6-12(7-5-10)19-14-13(16)8-11(17)9-18-14/h4-9H,1-3H3,(H,18,19). The second-order valence-electron chi connectivity index (χ2n) is 5.44. The number of halogens is 2. The van der Waals surface area contributed by atoms with E-state index in [0.717, 1.165) is 16.0 Å². The quantitative estimate of drug-likeness (QED) is 0.777. The van der Waals surface area contributed by atoms with Gasteiger partial charge in [-0.15, -0.1) is 0 Å². The summed E-state index contributed by atoms with van der Waals surface area (Å²) in [6.45, 7) is 6.60. The van der Waals surface area contributed by atoms with Gasteiger partial charge in [0.25, 0.3) is 0 Å². The first-order chi connectivity index (χ1) is 8.86. The fourth-order valence-corrected chi connectivity index (χ4v) is 2.43. The number of benzene rings is 1. The molecule has 19 heavy (non-hydrogen) atoms. The molecule has 0 radical (unpaired) electrons. The van der Waals surface area contributed by atoms with E-state index in [4.69, 9.17) is 11.6 Å². The highest BCUT2D eigenvalue weighted by Gasteiger charge is 2.13. The Morgan fingerprint density at radius 1 is 1.16 bits per heavy atom. The minimum absolute atomic E-state index is 0.164. The van der Waals surface area contributed by atoms with Gasteiger partial charge in [0, 0.05) is 11.9 Å². The average Bonchev–Trinajstić information content (AvgIpc) is 2.32. The largest absolute Gasteiger partial charge is 0.339 e. The molecular formula is C15H16BrClN2. The molecule has 1 N–H and O–H groups in total. The van der Waals surface area contributed by atoms with Crippen molar-refractivity contribution in [2.75, 3.05) is 5.32 Å². The van der Waals surface area contributed by atoms with Gasteiger partial charge in [0.1, 0.15) is 5.82 Å². The molecule has 0 aliphatic carbocycles. The maximum absolute atomic E-state index is 5.87. The summed E-state index contributed by atoms with van der Waals surface area (Å²) in [7, 11) is 0. The molecule has 1 heterocycles. The number of pyridine rings is 1. The predicted octanol–water partition coefficient (Wildman–Crippen LogP) is 5.54. The number of nitrogens with one attached hydrogen (secondary N) is 1. The first kappa shape index (κ1) is 14.4. The highest BCUT2D eigenvalue weighted by atomic mass is 79.9. The Bertz CT molecular complexity index is 574. The van der Waals surface area contributed by atoms with E-state index in [1.807, 2.05) is 6.07 Å². The van der Waals surface area contributed by atoms with Crippen LogP contribution in [0, 0.1) is 0 Å². The van der Waals surface area contributed by atoms with Crippen molar-refractivity contribution in [3.05, 3.63) is 51.6 Å². The Morgan fingerprint density at radius 2 is 1.79 bits per heavy atom. The van der Waals surface area contributed by atoms with Crippen LogP contribution in [0.25, 0.3) is 0 Å². The maximum atomic E-state index is 5.87. The lowest BCUT2D eigenvalue weighted by atomic mass is 9.87. The second kappa shape index (κ2) is 5.51. The lowest BCUT2D eigenvalue weighted by Crippen LogP contribution is -2.10. The van der Waals surface area contributed by atoms with Crippen LogP contribution in [0.3, 0.4) is 0 Å². The molecule has 4 heteroatoms. The number of aromatic nitrogens is 1. The van der Waals surface area contributed by atoms with Gasteiger partial charge in [0.05, 0.1) is 9.50 Å². The number of hydrogen-bond donors (Lipinski definition) is 1. The maximum Gasteiger partial charge on any atom is 0.144 e. The van der Waals surface area contributed by atoms with Gasteiger partial charge >= 0.3 is 0 Å². The Morgan fingerprint density at radius 3 is 2.32 bits per heavy atom. The van der Waals surface area contributed by atoms with E-state index < -0.39 is 0 Å². The summed E-state index contributed by atoms with van der Waals surface area (Å²) in [5.74, 6) is 0.757. The molecule has 0 aliphatic rings. The van der Waals surface area contributed by atoms with E-state index in [1.54, 1.807) is 6.20 Å². The van der Waals surface area contributed by atoms with Gasteiger partial charge in [-0.05, 0) is 45.1 Å². The lowest BCUT2D eigenvalue weighted by Gasteiger charge is -2.19. The molecule has 0 spiro atoms. The fourth-order valence-electron chi connectivity index (χ4n) is 1.70.